The predicted molar refractivity (Wildman–Crippen MR) is 63.5 cm³/mol. The van der Waals surface area contributed by atoms with Crippen molar-refractivity contribution < 1.29 is 17.7 Å². The Balaban J connectivity index is 3.50. The molecule has 0 atom stereocenters. The van der Waals surface area contributed by atoms with Crippen molar-refractivity contribution in [1.82, 2.24) is 4.72 Å². The van der Waals surface area contributed by atoms with Gasteiger partial charge in [-0.2, -0.15) is 0 Å². The van der Waals surface area contributed by atoms with Gasteiger partial charge in [0.15, 0.2) is 5.82 Å². The molecular formula is C9H12FN3O4S. The van der Waals surface area contributed by atoms with Gasteiger partial charge in [0.05, 0.1) is 16.7 Å². The number of rotatable bonds is 5. The Kier molecular flexibility index (Phi) is 4.19. The number of hydrogen-bond acceptors (Lipinski definition) is 5. The van der Waals surface area contributed by atoms with E-state index >= 15 is 0 Å². The molecule has 0 aliphatic carbocycles. The van der Waals surface area contributed by atoms with E-state index in [1.165, 1.54) is 7.05 Å². The molecule has 0 saturated carbocycles. The second-order valence-electron chi connectivity index (χ2n) is 3.31. The van der Waals surface area contributed by atoms with Crippen LogP contribution in [-0.4, -0.2) is 26.9 Å². The molecule has 0 unspecified atom stereocenters. The Hall–Kier alpha value is -1.74. The maximum atomic E-state index is 13.7. The van der Waals surface area contributed by atoms with Gasteiger partial charge in [-0.3, -0.25) is 10.1 Å². The third-order valence-corrected chi connectivity index (χ3v) is 3.73. The molecule has 0 heterocycles. The van der Waals surface area contributed by atoms with E-state index in [0.29, 0.717) is 6.07 Å². The highest BCUT2D eigenvalue weighted by molar-refractivity contribution is 7.89. The SMILES string of the molecule is CCNS(=O)(=O)c1c(F)cc([N+](=O)[O-])cc1NC. The summed E-state index contributed by atoms with van der Waals surface area (Å²) in [6.07, 6.45) is 0. The van der Waals surface area contributed by atoms with Gasteiger partial charge < -0.3 is 5.32 Å². The number of non-ortho nitro benzene ring substituents is 1. The lowest BCUT2D eigenvalue weighted by Crippen LogP contribution is -2.25. The summed E-state index contributed by atoms with van der Waals surface area (Å²) in [4.78, 5) is 9.13. The fourth-order valence-electron chi connectivity index (χ4n) is 1.41. The van der Waals surface area contributed by atoms with Crippen LogP contribution in [0.3, 0.4) is 0 Å². The van der Waals surface area contributed by atoms with Crippen LogP contribution in [0.15, 0.2) is 17.0 Å². The summed E-state index contributed by atoms with van der Waals surface area (Å²) in [7, 11) is -2.69. The van der Waals surface area contributed by atoms with Crippen LogP contribution < -0.4 is 10.0 Å². The number of nitro groups is 1. The molecule has 0 saturated heterocycles. The Morgan fingerprint density at radius 2 is 2.06 bits per heavy atom. The molecule has 100 valence electrons. The molecule has 0 aliphatic rings. The van der Waals surface area contributed by atoms with Crippen molar-refractivity contribution in [3.8, 4) is 0 Å². The number of hydrogen-bond donors (Lipinski definition) is 2. The van der Waals surface area contributed by atoms with Crippen molar-refractivity contribution in [1.29, 1.82) is 0 Å². The summed E-state index contributed by atoms with van der Waals surface area (Å²) in [5.74, 6) is -1.17. The standard InChI is InChI=1S/C9H12FN3O4S/c1-3-12-18(16,17)9-7(10)4-6(13(14)15)5-8(9)11-2/h4-5,11-12H,3H2,1-2H3. The molecule has 9 heteroatoms. The Morgan fingerprint density at radius 1 is 1.44 bits per heavy atom. The van der Waals surface area contributed by atoms with E-state index in [1.807, 2.05) is 0 Å². The van der Waals surface area contributed by atoms with E-state index in [-0.39, 0.29) is 12.2 Å². The van der Waals surface area contributed by atoms with E-state index in [2.05, 4.69) is 10.0 Å². The van der Waals surface area contributed by atoms with Crippen molar-refractivity contribution in [2.45, 2.75) is 11.8 Å². The first-order chi connectivity index (χ1) is 8.33. The summed E-state index contributed by atoms with van der Waals surface area (Å²) in [6.45, 7) is 1.63. The molecule has 0 aromatic heterocycles. The highest BCUT2D eigenvalue weighted by atomic mass is 32.2. The molecule has 0 fully saturated rings. The van der Waals surface area contributed by atoms with Gasteiger partial charge in [-0.25, -0.2) is 17.5 Å². The molecule has 1 aromatic rings. The second kappa shape index (κ2) is 5.27. The minimum atomic E-state index is -4.04. The number of nitrogens with one attached hydrogen (secondary N) is 2. The molecule has 1 rings (SSSR count). The summed E-state index contributed by atoms with van der Waals surface area (Å²) in [5, 5.41) is 13.0. The van der Waals surface area contributed by atoms with Crippen LogP contribution in [0.5, 0.6) is 0 Å². The Morgan fingerprint density at radius 3 is 2.50 bits per heavy atom. The number of nitrogens with zero attached hydrogens (tertiary/aromatic N) is 1. The minimum Gasteiger partial charge on any atom is -0.387 e. The van der Waals surface area contributed by atoms with E-state index < -0.39 is 31.3 Å². The van der Waals surface area contributed by atoms with Gasteiger partial charge in [-0.05, 0) is 0 Å². The van der Waals surface area contributed by atoms with E-state index in [1.54, 1.807) is 6.92 Å². The third-order valence-electron chi connectivity index (χ3n) is 2.11. The zero-order valence-corrected chi connectivity index (χ0v) is 10.5. The number of sulfonamides is 1. The smallest absolute Gasteiger partial charge is 0.274 e. The van der Waals surface area contributed by atoms with Crippen LogP contribution in [0.4, 0.5) is 15.8 Å². The molecule has 0 spiro atoms. The van der Waals surface area contributed by atoms with Crippen molar-refractivity contribution >= 4 is 21.4 Å². The predicted octanol–water partition coefficient (Wildman–Crippen LogP) is 1.07. The van der Waals surface area contributed by atoms with Gasteiger partial charge >= 0.3 is 0 Å². The van der Waals surface area contributed by atoms with Crippen LogP contribution in [0, 0.1) is 15.9 Å². The van der Waals surface area contributed by atoms with Gasteiger partial charge in [0.25, 0.3) is 5.69 Å². The van der Waals surface area contributed by atoms with Crippen LogP contribution >= 0.6 is 0 Å². The average Bonchev–Trinajstić information content (AvgIpc) is 2.27. The molecule has 0 radical (unpaired) electrons. The van der Waals surface area contributed by atoms with E-state index in [9.17, 15) is 22.9 Å². The van der Waals surface area contributed by atoms with Crippen LogP contribution in [0.25, 0.3) is 0 Å². The number of anilines is 1. The van der Waals surface area contributed by atoms with Crippen molar-refractivity contribution in [3.05, 3.63) is 28.1 Å². The fraction of sp³-hybridized carbons (Fsp3) is 0.333. The van der Waals surface area contributed by atoms with E-state index in [4.69, 9.17) is 0 Å². The molecule has 18 heavy (non-hydrogen) atoms. The summed E-state index contributed by atoms with van der Waals surface area (Å²) in [6, 6.07) is 1.54. The normalized spacial score (nSPS) is 11.3. The molecule has 2 N–H and O–H groups in total. The summed E-state index contributed by atoms with van der Waals surface area (Å²) in [5.41, 5.74) is -0.685. The first kappa shape index (κ1) is 14.3. The average molecular weight is 277 g/mol. The number of benzene rings is 1. The van der Waals surface area contributed by atoms with Crippen LogP contribution in [0.1, 0.15) is 6.92 Å². The lowest BCUT2D eigenvalue weighted by Gasteiger charge is -2.11. The second-order valence-corrected chi connectivity index (χ2v) is 5.02. The Labute approximate surface area is 103 Å². The highest BCUT2D eigenvalue weighted by Gasteiger charge is 2.25. The van der Waals surface area contributed by atoms with Crippen LogP contribution in [0.2, 0.25) is 0 Å². The topological polar surface area (TPSA) is 101 Å². The molecule has 7 nitrogen and oxygen atoms in total. The van der Waals surface area contributed by atoms with E-state index in [0.717, 1.165) is 6.07 Å². The zero-order valence-electron chi connectivity index (χ0n) is 9.73. The third kappa shape index (κ3) is 2.74. The zero-order chi connectivity index (χ0) is 13.9. The summed E-state index contributed by atoms with van der Waals surface area (Å²) >= 11 is 0. The minimum absolute atomic E-state index is 0.0852. The van der Waals surface area contributed by atoms with Gasteiger partial charge in [0.2, 0.25) is 10.0 Å². The quantitative estimate of drug-likeness (QED) is 0.619. The number of halogens is 1. The van der Waals surface area contributed by atoms with Crippen LogP contribution in [-0.2, 0) is 10.0 Å². The fourth-order valence-corrected chi connectivity index (χ4v) is 2.70. The largest absolute Gasteiger partial charge is 0.387 e. The monoisotopic (exact) mass is 277 g/mol. The lowest BCUT2D eigenvalue weighted by atomic mass is 10.2. The molecule has 0 bridgehead atoms. The maximum Gasteiger partial charge on any atom is 0.274 e. The van der Waals surface area contributed by atoms with Crippen molar-refractivity contribution in [2.24, 2.45) is 0 Å². The Bertz CT molecular complexity index is 573. The van der Waals surface area contributed by atoms with Gasteiger partial charge in [-0.1, -0.05) is 6.92 Å². The molecule has 0 amide bonds. The highest BCUT2D eigenvalue weighted by Crippen LogP contribution is 2.29. The summed E-state index contributed by atoms with van der Waals surface area (Å²) < 4.78 is 39.3. The van der Waals surface area contributed by atoms with Crippen molar-refractivity contribution in [2.75, 3.05) is 18.9 Å². The van der Waals surface area contributed by atoms with Gasteiger partial charge in [0, 0.05) is 19.7 Å². The first-order valence-electron chi connectivity index (χ1n) is 4.98. The van der Waals surface area contributed by atoms with Crippen molar-refractivity contribution in [3.63, 3.8) is 0 Å². The maximum absolute atomic E-state index is 13.7. The molecular weight excluding hydrogens is 265 g/mol. The molecule has 0 aliphatic heterocycles. The van der Waals surface area contributed by atoms with Gasteiger partial charge in [-0.15, -0.1) is 0 Å². The van der Waals surface area contributed by atoms with Gasteiger partial charge in [0.1, 0.15) is 4.90 Å². The first-order valence-corrected chi connectivity index (χ1v) is 6.47. The molecule has 1 aromatic carbocycles. The lowest BCUT2D eigenvalue weighted by molar-refractivity contribution is -0.385. The number of nitro benzene ring substituents is 1.